The van der Waals surface area contributed by atoms with Crippen molar-refractivity contribution in [2.45, 2.75) is 39.8 Å². The van der Waals surface area contributed by atoms with Crippen LogP contribution in [-0.2, 0) is 15.7 Å². The van der Waals surface area contributed by atoms with E-state index in [9.17, 15) is 0 Å². The van der Waals surface area contributed by atoms with Gasteiger partial charge in [0, 0.05) is 0 Å². The summed E-state index contributed by atoms with van der Waals surface area (Å²) in [4.78, 5) is 4.87. The summed E-state index contributed by atoms with van der Waals surface area (Å²) < 4.78 is 1.39. The molecular formula is C9H18ClN2Ru. The summed E-state index contributed by atoms with van der Waals surface area (Å²) in [5, 5.41) is 0. The Morgan fingerprint density at radius 2 is 1.46 bits per heavy atom. The molecule has 1 aliphatic heterocycles. The summed E-state index contributed by atoms with van der Waals surface area (Å²) in [5.41, 5.74) is 0. The van der Waals surface area contributed by atoms with Gasteiger partial charge in [-0.25, -0.2) is 0 Å². The zero-order valence-corrected chi connectivity index (χ0v) is 11.2. The fourth-order valence-corrected chi connectivity index (χ4v) is 4.14. The molecule has 1 aliphatic rings. The van der Waals surface area contributed by atoms with E-state index in [0.717, 1.165) is 13.1 Å². The molecule has 1 heterocycles. The fourth-order valence-electron chi connectivity index (χ4n) is 1.57. The normalized spacial score (nSPS) is 21.0. The summed E-state index contributed by atoms with van der Waals surface area (Å²) >= 11 is -0.132. The Kier molecular flexibility index (Phi) is 4.51. The molecule has 0 aromatic heterocycles. The molecular weight excluding hydrogens is 273 g/mol. The van der Waals surface area contributed by atoms with Gasteiger partial charge in [-0.3, -0.25) is 0 Å². The topological polar surface area (TPSA) is 6.48 Å². The summed E-state index contributed by atoms with van der Waals surface area (Å²) in [6, 6.07) is 1.18. The third-order valence-corrected chi connectivity index (χ3v) is 4.35. The van der Waals surface area contributed by atoms with Crippen molar-refractivity contribution in [3.05, 3.63) is 0 Å². The average Bonchev–Trinajstić information content (AvgIpc) is 2.46. The molecule has 0 unspecified atom stereocenters. The van der Waals surface area contributed by atoms with Gasteiger partial charge in [0.15, 0.2) is 0 Å². The second-order valence-corrected chi connectivity index (χ2v) is 5.80. The third kappa shape index (κ3) is 2.59. The first-order valence-electron chi connectivity index (χ1n) is 4.72. The second-order valence-electron chi connectivity index (χ2n) is 3.90. The van der Waals surface area contributed by atoms with Crippen molar-refractivity contribution in [3.8, 4) is 0 Å². The van der Waals surface area contributed by atoms with Crippen LogP contribution >= 0.6 is 9.69 Å². The summed E-state index contributed by atoms with van der Waals surface area (Å²) in [7, 11) is 6.06. The standard InChI is InChI=1S/C9H18N2.ClH.Ru/c1-8(2)10-5-6-11(7-10)9(3)4;;/h8-9H,5-6H2,1-4H3;1H;/q;;+1/p-1. The van der Waals surface area contributed by atoms with Gasteiger partial charge in [-0.15, -0.1) is 0 Å². The molecule has 79 valence electrons. The molecule has 13 heavy (non-hydrogen) atoms. The molecule has 0 aliphatic carbocycles. The molecule has 1 saturated heterocycles. The van der Waals surface area contributed by atoms with Crippen LogP contribution in [0, 0.1) is 0 Å². The fraction of sp³-hybridized carbons (Fsp3) is 0.889. The van der Waals surface area contributed by atoms with E-state index < -0.39 is 0 Å². The van der Waals surface area contributed by atoms with Crippen LogP contribution in [-0.4, -0.2) is 39.3 Å². The van der Waals surface area contributed by atoms with Crippen LogP contribution in [0.5, 0.6) is 0 Å². The molecule has 4 heteroatoms. The monoisotopic (exact) mass is 291 g/mol. The molecule has 0 radical (unpaired) electrons. The van der Waals surface area contributed by atoms with E-state index in [2.05, 4.69) is 37.5 Å². The molecule has 2 nitrogen and oxygen atoms in total. The van der Waals surface area contributed by atoms with Gasteiger partial charge in [0.05, 0.1) is 0 Å². The van der Waals surface area contributed by atoms with Crippen molar-refractivity contribution in [3.63, 3.8) is 0 Å². The summed E-state index contributed by atoms with van der Waals surface area (Å²) in [6.45, 7) is 11.2. The van der Waals surface area contributed by atoms with Gasteiger partial charge in [0.1, 0.15) is 0 Å². The number of rotatable bonds is 2. The summed E-state index contributed by atoms with van der Waals surface area (Å²) in [5.74, 6) is 0. The summed E-state index contributed by atoms with van der Waals surface area (Å²) in [6.07, 6.45) is 0. The van der Waals surface area contributed by atoms with Crippen molar-refractivity contribution in [2.24, 2.45) is 0 Å². The number of nitrogens with zero attached hydrogens (tertiary/aromatic N) is 2. The van der Waals surface area contributed by atoms with E-state index in [1.54, 1.807) is 0 Å². The van der Waals surface area contributed by atoms with E-state index in [-0.39, 0.29) is 15.7 Å². The molecule has 0 bridgehead atoms. The van der Waals surface area contributed by atoms with Crippen LogP contribution in [0.2, 0.25) is 0 Å². The van der Waals surface area contributed by atoms with E-state index in [1.165, 1.54) is 4.35 Å². The van der Waals surface area contributed by atoms with Crippen LogP contribution < -0.4 is 0 Å². The van der Waals surface area contributed by atoms with Gasteiger partial charge in [0.25, 0.3) is 0 Å². The van der Waals surface area contributed by atoms with E-state index in [0.29, 0.717) is 12.1 Å². The molecule has 0 saturated carbocycles. The predicted molar refractivity (Wildman–Crippen MR) is 54.5 cm³/mol. The quantitative estimate of drug-likeness (QED) is 0.715. The number of halogens is 1. The Morgan fingerprint density at radius 3 is 1.69 bits per heavy atom. The van der Waals surface area contributed by atoms with Crippen molar-refractivity contribution in [1.82, 2.24) is 9.80 Å². The molecule has 0 spiro atoms. The van der Waals surface area contributed by atoms with Crippen LogP contribution in [0.15, 0.2) is 0 Å². The molecule has 0 atom stereocenters. The Balaban J connectivity index is 2.76. The average molecular weight is 291 g/mol. The van der Waals surface area contributed by atoms with Crippen LogP contribution in [0.3, 0.4) is 0 Å². The maximum absolute atomic E-state index is 6.06. The van der Waals surface area contributed by atoms with Crippen molar-refractivity contribution < 1.29 is 15.7 Å². The van der Waals surface area contributed by atoms with Crippen molar-refractivity contribution in [2.75, 3.05) is 13.1 Å². The predicted octanol–water partition coefficient (Wildman–Crippen LogP) is 1.74. The van der Waals surface area contributed by atoms with Gasteiger partial charge in [-0.2, -0.15) is 0 Å². The van der Waals surface area contributed by atoms with Crippen LogP contribution in [0.25, 0.3) is 0 Å². The Labute approximate surface area is 92.4 Å². The Morgan fingerprint density at radius 1 is 1.08 bits per heavy atom. The third-order valence-electron chi connectivity index (χ3n) is 2.35. The molecule has 0 aromatic carbocycles. The minimum atomic E-state index is -0.132. The van der Waals surface area contributed by atoms with Crippen LogP contribution in [0.4, 0.5) is 0 Å². The van der Waals surface area contributed by atoms with Crippen molar-refractivity contribution >= 4 is 14.0 Å². The molecule has 1 rings (SSSR count). The molecule has 1 fully saturated rings. The second kappa shape index (κ2) is 4.97. The van der Waals surface area contributed by atoms with Gasteiger partial charge >= 0.3 is 92.4 Å². The first-order valence-corrected chi connectivity index (χ1v) is 7.82. The van der Waals surface area contributed by atoms with Gasteiger partial charge in [-0.05, 0) is 0 Å². The zero-order chi connectivity index (χ0) is 10.0. The Bertz CT molecular complexity index is 186. The van der Waals surface area contributed by atoms with Gasteiger partial charge in [-0.1, -0.05) is 0 Å². The van der Waals surface area contributed by atoms with E-state index in [1.807, 2.05) is 0 Å². The number of hydrogen-bond acceptors (Lipinski definition) is 2. The molecule has 0 amide bonds. The van der Waals surface area contributed by atoms with Crippen molar-refractivity contribution in [1.29, 1.82) is 0 Å². The zero-order valence-electron chi connectivity index (χ0n) is 8.69. The SMILES string of the molecule is CC(C)N1CCN(C(C)C)[C]1=[Ru][Cl]. The molecule has 0 N–H and O–H groups in total. The van der Waals surface area contributed by atoms with E-state index in [4.69, 9.17) is 9.69 Å². The maximum atomic E-state index is 6.06. The van der Waals surface area contributed by atoms with E-state index >= 15 is 0 Å². The molecule has 0 aromatic rings. The number of hydrogen-bond donors (Lipinski definition) is 0. The van der Waals surface area contributed by atoms with Gasteiger partial charge < -0.3 is 0 Å². The first kappa shape index (κ1) is 11.8. The first-order chi connectivity index (χ1) is 6.07. The minimum absolute atomic E-state index is 0.132. The van der Waals surface area contributed by atoms with Crippen LogP contribution in [0.1, 0.15) is 27.7 Å². The Hall–Kier alpha value is 0.703. The van der Waals surface area contributed by atoms with Gasteiger partial charge in [0.2, 0.25) is 0 Å².